The summed E-state index contributed by atoms with van der Waals surface area (Å²) < 4.78 is 0. The standard InChI is InChI=1S/C14H20ClN3O2/c1-14(2,10-3-5-11(15)6-4-10)9-18-13(20)8-17-12(19)7-16/h3-6H,7-9,16H2,1-2H3,(H,17,19)(H,18,20). The number of nitrogens with one attached hydrogen (secondary N) is 2. The van der Waals surface area contributed by atoms with Gasteiger partial charge in [0.15, 0.2) is 0 Å². The Hall–Kier alpha value is -1.59. The van der Waals surface area contributed by atoms with Gasteiger partial charge in [-0.1, -0.05) is 37.6 Å². The number of carbonyl (C=O) groups is 2. The van der Waals surface area contributed by atoms with Gasteiger partial charge in [0.05, 0.1) is 13.1 Å². The Balaban J connectivity index is 2.48. The maximum absolute atomic E-state index is 11.6. The summed E-state index contributed by atoms with van der Waals surface area (Å²) in [6, 6.07) is 7.51. The largest absolute Gasteiger partial charge is 0.354 e. The van der Waals surface area contributed by atoms with Crippen molar-refractivity contribution in [3.63, 3.8) is 0 Å². The molecule has 0 aliphatic carbocycles. The number of carbonyl (C=O) groups excluding carboxylic acids is 2. The lowest BCUT2D eigenvalue weighted by atomic mass is 9.84. The molecule has 0 aliphatic heterocycles. The summed E-state index contributed by atoms with van der Waals surface area (Å²) >= 11 is 5.85. The molecule has 1 rings (SSSR count). The minimum Gasteiger partial charge on any atom is -0.354 e. The Labute approximate surface area is 123 Å². The third-order valence-corrected chi connectivity index (χ3v) is 3.24. The molecular weight excluding hydrogens is 278 g/mol. The third kappa shape index (κ3) is 5.19. The highest BCUT2D eigenvalue weighted by atomic mass is 35.5. The number of amides is 2. The van der Waals surface area contributed by atoms with E-state index in [0.29, 0.717) is 11.6 Å². The van der Waals surface area contributed by atoms with Crippen molar-refractivity contribution in [3.8, 4) is 0 Å². The Morgan fingerprint density at radius 3 is 2.30 bits per heavy atom. The number of hydrogen-bond donors (Lipinski definition) is 3. The van der Waals surface area contributed by atoms with Crippen molar-refractivity contribution in [2.24, 2.45) is 5.73 Å². The van der Waals surface area contributed by atoms with Crippen LogP contribution in [-0.4, -0.2) is 31.4 Å². The van der Waals surface area contributed by atoms with Gasteiger partial charge in [-0.05, 0) is 17.7 Å². The van der Waals surface area contributed by atoms with E-state index in [-0.39, 0.29) is 30.3 Å². The molecule has 1 aromatic carbocycles. The fourth-order valence-corrected chi connectivity index (χ4v) is 1.76. The van der Waals surface area contributed by atoms with Crippen LogP contribution in [0.2, 0.25) is 5.02 Å². The molecule has 5 nitrogen and oxygen atoms in total. The molecule has 0 atom stereocenters. The first-order valence-electron chi connectivity index (χ1n) is 6.34. The van der Waals surface area contributed by atoms with E-state index in [4.69, 9.17) is 17.3 Å². The number of halogens is 1. The molecular formula is C14H20ClN3O2. The van der Waals surface area contributed by atoms with Gasteiger partial charge in [0.2, 0.25) is 11.8 Å². The number of hydrogen-bond acceptors (Lipinski definition) is 3. The normalized spacial score (nSPS) is 11.0. The Morgan fingerprint density at radius 1 is 1.15 bits per heavy atom. The zero-order valence-electron chi connectivity index (χ0n) is 11.7. The van der Waals surface area contributed by atoms with Crippen LogP contribution < -0.4 is 16.4 Å². The van der Waals surface area contributed by atoms with Gasteiger partial charge in [-0.2, -0.15) is 0 Å². The number of nitrogens with two attached hydrogens (primary N) is 1. The van der Waals surface area contributed by atoms with Crippen molar-refractivity contribution in [2.45, 2.75) is 19.3 Å². The highest BCUT2D eigenvalue weighted by Gasteiger charge is 2.21. The van der Waals surface area contributed by atoms with Gasteiger partial charge in [-0.15, -0.1) is 0 Å². The van der Waals surface area contributed by atoms with E-state index >= 15 is 0 Å². The molecule has 2 amide bonds. The van der Waals surface area contributed by atoms with Crippen LogP contribution >= 0.6 is 11.6 Å². The predicted octanol–water partition coefficient (Wildman–Crippen LogP) is 0.809. The molecule has 4 N–H and O–H groups in total. The van der Waals surface area contributed by atoms with Crippen LogP contribution in [0.1, 0.15) is 19.4 Å². The highest BCUT2D eigenvalue weighted by molar-refractivity contribution is 6.30. The summed E-state index contributed by atoms with van der Waals surface area (Å²) in [4.78, 5) is 22.5. The van der Waals surface area contributed by atoms with E-state index in [1.165, 1.54) is 0 Å². The molecule has 110 valence electrons. The molecule has 0 aliphatic rings. The molecule has 0 bridgehead atoms. The van der Waals surface area contributed by atoms with Gasteiger partial charge in [0, 0.05) is 17.0 Å². The second-order valence-electron chi connectivity index (χ2n) is 5.15. The van der Waals surface area contributed by atoms with Crippen molar-refractivity contribution in [3.05, 3.63) is 34.9 Å². The van der Waals surface area contributed by atoms with E-state index in [9.17, 15) is 9.59 Å². The van der Waals surface area contributed by atoms with E-state index in [0.717, 1.165) is 5.56 Å². The number of benzene rings is 1. The Bertz CT molecular complexity index is 472. The summed E-state index contributed by atoms with van der Waals surface area (Å²) in [6.07, 6.45) is 0. The predicted molar refractivity (Wildman–Crippen MR) is 79.6 cm³/mol. The minimum absolute atomic E-state index is 0.0628. The lowest BCUT2D eigenvalue weighted by molar-refractivity contribution is -0.125. The smallest absolute Gasteiger partial charge is 0.239 e. The summed E-state index contributed by atoms with van der Waals surface area (Å²) in [7, 11) is 0. The number of rotatable bonds is 6. The van der Waals surface area contributed by atoms with Crippen LogP contribution in [0.3, 0.4) is 0 Å². The summed E-state index contributed by atoms with van der Waals surface area (Å²) in [5, 5.41) is 5.89. The first-order valence-corrected chi connectivity index (χ1v) is 6.72. The third-order valence-electron chi connectivity index (χ3n) is 2.98. The first-order chi connectivity index (χ1) is 9.35. The average Bonchev–Trinajstić information content (AvgIpc) is 2.43. The zero-order chi connectivity index (χ0) is 15.2. The van der Waals surface area contributed by atoms with Crippen molar-refractivity contribution >= 4 is 23.4 Å². The Morgan fingerprint density at radius 2 is 1.75 bits per heavy atom. The van der Waals surface area contributed by atoms with Crippen molar-refractivity contribution in [2.75, 3.05) is 19.6 Å². The van der Waals surface area contributed by atoms with Crippen LogP contribution in [0, 0.1) is 0 Å². The van der Waals surface area contributed by atoms with Gasteiger partial charge < -0.3 is 16.4 Å². The van der Waals surface area contributed by atoms with Gasteiger partial charge in [0.1, 0.15) is 0 Å². The van der Waals surface area contributed by atoms with Crippen LogP contribution in [0.5, 0.6) is 0 Å². The molecule has 1 aromatic rings. The summed E-state index contributed by atoms with van der Waals surface area (Å²) in [5.74, 6) is -0.592. The Kier molecular flexibility index (Phi) is 5.98. The van der Waals surface area contributed by atoms with Crippen LogP contribution in [0.15, 0.2) is 24.3 Å². The van der Waals surface area contributed by atoms with Crippen molar-refractivity contribution in [1.29, 1.82) is 0 Å². The van der Waals surface area contributed by atoms with E-state index < -0.39 is 0 Å². The fourth-order valence-electron chi connectivity index (χ4n) is 1.64. The quantitative estimate of drug-likeness (QED) is 0.726. The molecule has 0 unspecified atom stereocenters. The van der Waals surface area contributed by atoms with Gasteiger partial charge in [-0.3, -0.25) is 9.59 Å². The first kappa shape index (κ1) is 16.5. The molecule has 0 radical (unpaired) electrons. The topological polar surface area (TPSA) is 84.2 Å². The van der Waals surface area contributed by atoms with Gasteiger partial charge in [0.25, 0.3) is 0 Å². The monoisotopic (exact) mass is 297 g/mol. The van der Waals surface area contributed by atoms with E-state index in [1.807, 2.05) is 38.1 Å². The van der Waals surface area contributed by atoms with Crippen molar-refractivity contribution in [1.82, 2.24) is 10.6 Å². The zero-order valence-corrected chi connectivity index (χ0v) is 12.5. The molecule has 20 heavy (non-hydrogen) atoms. The maximum atomic E-state index is 11.6. The minimum atomic E-state index is -0.350. The van der Waals surface area contributed by atoms with E-state index in [2.05, 4.69) is 10.6 Å². The summed E-state index contributed by atoms with van der Waals surface area (Å²) in [6.45, 7) is 4.33. The second-order valence-corrected chi connectivity index (χ2v) is 5.58. The molecule has 0 saturated heterocycles. The van der Waals surface area contributed by atoms with Gasteiger partial charge >= 0.3 is 0 Å². The maximum Gasteiger partial charge on any atom is 0.239 e. The SMILES string of the molecule is CC(C)(CNC(=O)CNC(=O)CN)c1ccc(Cl)cc1. The van der Waals surface area contributed by atoms with Crippen LogP contribution in [0.25, 0.3) is 0 Å². The van der Waals surface area contributed by atoms with Gasteiger partial charge in [-0.25, -0.2) is 0 Å². The van der Waals surface area contributed by atoms with Crippen molar-refractivity contribution < 1.29 is 9.59 Å². The molecule has 6 heteroatoms. The second kappa shape index (κ2) is 7.26. The van der Waals surface area contributed by atoms with Crippen LogP contribution in [0.4, 0.5) is 0 Å². The van der Waals surface area contributed by atoms with Crippen LogP contribution in [-0.2, 0) is 15.0 Å². The fraction of sp³-hybridized carbons (Fsp3) is 0.429. The lowest BCUT2D eigenvalue weighted by Gasteiger charge is -2.25. The van der Waals surface area contributed by atoms with E-state index in [1.54, 1.807) is 0 Å². The molecule has 0 spiro atoms. The molecule has 0 saturated carbocycles. The molecule has 0 heterocycles. The molecule has 0 aromatic heterocycles. The highest BCUT2D eigenvalue weighted by Crippen LogP contribution is 2.23. The average molecular weight is 298 g/mol. The molecule has 0 fully saturated rings. The lowest BCUT2D eigenvalue weighted by Crippen LogP contribution is -2.43. The summed E-state index contributed by atoms with van der Waals surface area (Å²) in [5.41, 5.74) is 5.99.